The zero-order valence-electron chi connectivity index (χ0n) is 18.3. The lowest BCUT2D eigenvalue weighted by Crippen LogP contribution is -2.50. The van der Waals surface area contributed by atoms with E-state index in [4.69, 9.17) is 0 Å². The van der Waals surface area contributed by atoms with Gasteiger partial charge >= 0.3 is 0 Å². The van der Waals surface area contributed by atoms with Crippen LogP contribution in [0.1, 0.15) is 5.56 Å². The predicted molar refractivity (Wildman–Crippen MR) is 125 cm³/mol. The fourth-order valence-electron chi connectivity index (χ4n) is 4.17. The number of amides is 1. The number of piperazine rings is 1. The molecule has 1 amide bonds. The largest absolute Gasteiger partial charge is 0.366 e. The van der Waals surface area contributed by atoms with Gasteiger partial charge in [0.1, 0.15) is 17.9 Å². The normalized spacial score (nSPS) is 14.1. The molecule has 1 saturated heterocycles. The SMILES string of the molecule is Cc1ccc(-c2cc3c(=O)n(CC(=O)N4CCN(c5ccccc5F)CC4)ccn3n2)cc1. The van der Waals surface area contributed by atoms with Crippen LogP contribution in [0.4, 0.5) is 10.1 Å². The molecule has 33 heavy (non-hydrogen) atoms. The van der Waals surface area contributed by atoms with Crippen molar-refractivity contribution < 1.29 is 9.18 Å². The van der Waals surface area contributed by atoms with Crippen LogP contribution in [0.2, 0.25) is 0 Å². The third kappa shape index (κ3) is 4.11. The average Bonchev–Trinajstić information content (AvgIpc) is 3.27. The molecule has 1 aliphatic rings. The highest BCUT2D eigenvalue weighted by Gasteiger charge is 2.23. The molecule has 0 bridgehead atoms. The lowest BCUT2D eigenvalue weighted by molar-refractivity contribution is -0.132. The van der Waals surface area contributed by atoms with Gasteiger partial charge in [-0.25, -0.2) is 8.91 Å². The first-order valence-electron chi connectivity index (χ1n) is 10.9. The molecule has 0 aliphatic carbocycles. The number of halogens is 1. The first-order chi connectivity index (χ1) is 16.0. The maximum absolute atomic E-state index is 14.0. The van der Waals surface area contributed by atoms with Gasteiger partial charge in [-0.3, -0.25) is 9.59 Å². The molecule has 8 heteroatoms. The second-order valence-electron chi connectivity index (χ2n) is 8.28. The summed E-state index contributed by atoms with van der Waals surface area (Å²) in [7, 11) is 0. The van der Waals surface area contributed by atoms with E-state index in [0.717, 1.165) is 11.1 Å². The summed E-state index contributed by atoms with van der Waals surface area (Å²) < 4.78 is 17.0. The lowest BCUT2D eigenvalue weighted by Gasteiger charge is -2.36. The van der Waals surface area contributed by atoms with E-state index >= 15 is 0 Å². The number of carbonyl (C=O) groups excluding carboxylic acids is 1. The number of aromatic nitrogens is 3. The number of hydrogen-bond acceptors (Lipinski definition) is 4. The second kappa shape index (κ2) is 8.54. The highest BCUT2D eigenvalue weighted by atomic mass is 19.1. The molecule has 0 spiro atoms. The van der Waals surface area contributed by atoms with Gasteiger partial charge in [-0.2, -0.15) is 5.10 Å². The molecule has 5 rings (SSSR count). The van der Waals surface area contributed by atoms with E-state index in [-0.39, 0.29) is 23.8 Å². The van der Waals surface area contributed by atoms with E-state index in [9.17, 15) is 14.0 Å². The quantitative estimate of drug-likeness (QED) is 0.485. The summed E-state index contributed by atoms with van der Waals surface area (Å²) in [6, 6.07) is 16.4. The molecule has 1 fully saturated rings. The number of fused-ring (bicyclic) bond motifs is 1. The fourth-order valence-corrected chi connectivity index (χ4v) is 4.17. The molecule has 3 heterocycles. The van der Waals surface area contributed by atoms with Crippen LogP contribution in [0.15, 0.2) is 71.8 Å². The predicted octanol–water partition coefficient (Wildman–Crippen LogP) is 2.96. The number of aryl methyl sites for hydroxylation is 1. The second-order valence-corrected chi connectivity index (χ2v) is 8.28. The Morgan fingerprint density at radius 2 is 1.73 bits per heavy atom. The minimum absolute atomic E-state index is 0.0416. The van der Waals surface area contributed by atoms with Crippen molar-refractivity contribution in [3.8, 4) is 11.3 Å². The minimum Gasteiger partial charge on any atom is -0.366 e. The maximum atomic E-state index is 14.0. The lowest BCUT2D eigenvalue weighted by atomic mass is 10.1. The van der Waals surface area contributed by atoms with Gasteiger partial charge in [-0.05, 0) is 25.1 Å². The van der Waals surface area contributed by atoms with Crippen molar-refractivity contribution in [1.82, 2.24) is 19.1 Å². The van der Waals surface area contributed by atoms with Gasteiger partial charge in [0, 0.05) is 44.1 Å². The Balaban J connectivity index is 1.29. The summed E-state index contributed by atoms with van der Waals surface area (Å²) in [6.07, 6.45) is 3.28. The van der Waals surface area contributed by atoms with Crippen LogP contribution in [-0.2, 0) is 11.3 Å². The van der Waals surface area contributed by atoms with Crippen LogP contribution in [0, 0.1) is 12.7 Å². The Hall–Kier alpha value is -3.94. The number of benzene rings is 2. The van der Waals surface area contributed by atoms with Gasteiger partial charge in [0.25, 0.3) is 5.56 Å². The third-order valence-electron chi connectivity index (χ3n) is 6.08. The Kier molecular flexibility index (Phi) is 5.42. The van der Waals surface area contributed by atoms with Crippen LogP contribution in [-0.4, -0.2) is 51.2 Å². The molecule has 2 aromatic carbocycles. The molecular weight excluding hydrogens is 421 g/mol. The Morgan fingerprint density at radius 3 is 2.45 bits per heavy atom. The molecule has 4 aromatic rings. The molecular formula is C25H24FN5O2. The average molecular weight is 445 g/mol. The van der Waals surface area contributed by atoms with Gasteiger partial charge in [-0.15, -0.1) is 0 Å². The van der Waals surface area contributed by atoms with Gasteiger partial charge in [0.15, 0.2) is 0 Å². The monoisotopic (exact) mass is 445 g/mol. The molecule has 1 aliphatic heterocycles. The van der Waals surface area contributed by atoms with Crippen LogP contribution in [0.5, 0.6) is 0 Å². The van der Waals surface area contributed by atoms with Crippen LogP contribution < -0.4 is 10.5 Å². The van der Waals surface area contributed by atoms with Crippen molar-refractivity contribution in [2.75, 3.05) is 31.1 Å². The number of nitrogens with zero attached hydrogens (tertiary/aromatic N) is 5. The molecule has 168 valence electrons. The Bertz CT molecular complexity index is 1370. The Labute approximate surface area is 190 Å². The molecule has 0 N–H and O–H groups in total. The summed E-state index contributed by atoms with van der Waals surface area (Å²) in [5, 5.41) is 4.50. The molecule has 0 unspecified atom stereocenters. The number of anilines is 1. The van der Waals surface area contributed by atoms with E-state index in [2.05, 4.69) is 5.10 Å². The van der Waals surface area contributed by atoms with E-state index in [1.807, 2.05) is 36.1 Å². The number of carbonyl (C=O) groups is 1. The minimum atomic E-state index is -0.262. The summed E-state index contributed by atoms with van der Waals surface area (Å²) in [5.74, 6) is -0.393. The number of para-hydroxylation sites is 1. The maximum Gasteiger partial charge on any atom is 0.277 e. The highest BCUT2D eigenvalue weighted by Crippen LogP contribution is 2.21. The summed E-state index contributed by atoms with van der Waals surface area (Å²) in [4.78, 5) is 29.5. The van der Waals surface area contributed by atoms with Crippen molar-refractivity contribution in [2.45, 2.75) is 13.5 Å². The van der Waals surface area contributed by atoms with E-state index in [0.29, 0.717) is 43.1 Å². The zero-order valence-corrected chi connectivity index (χ0v) is 18.3. The van der Waals surface area contributed by atoms with Crippen LogP contribution in [0.25, 0.3) is 16.8 Å². The number of rotatable bonds is 4. The van der Waals surface area contributed by atoms with E-state index < -0.39 is 0 Å². The molecule has 0 atom stereocenters. The molecule has 0 radical (unpaired) electrons. The molecule has 7 nitrogen and oxygen atoms in total. The molecule has 2 aromatic heterocycles. The van der Waals surface area contributed by atoms with Gasteiger partial charge < -0.3 is 14.4 Å². The van der Waals surface area contributed by atoms with E-state index in [1.165, 1.54) is 10.6 Å². The van der Waals surface area contributed by atoms with Crippen molar-refractivity contribution in [3.05, 3.63) is 88.7 Å². The standard InChI is InChI=1S/C25H24FN5O2/c1-18-6-8-19(9-7-18)21-16-23-25(33)30(14-15-31(23)27-21)17-24(32)29-12-10-28(11-13-29)22-5-3-2-4-20(22)26/h2-9,14-16H,10-13,17H2,1H3. The van der Waals surface area contributed by atoms with Gasteiger partial charge in [-0.1, -0.05) is 42.0 Å². The zero-order chi connectivity index (χ0) is 22.9. The topological polar surface area (TPSA) is 62.9 Å². The van der Waals surface area contributed by atoms with Crippen molar-refractivity contribution in [3.63, 3.8) is 0 Å². The highest BCUT2D eigenvalue weighted by molar-refractivity contribution is 5.76. The summed E-state index contributed by atoms with van der Waals surface area (Å²) >= 11 is 0. The Morgan fingerprint density at radius 1 is 1.00 bits per heavy atom. The fraction of sp³-hybridized carbons (Fsp3) is 0.240. The van der Waals surface area contributed by atoms with Crippen molar-refractivity contribution in [2.24, 2.45) is 0 Å². The third-order valence-corrected chi connectivity index (χ3v) is 6.08. The smallest absolute Gasteiger partial charge is 0.277 e. The van der Waals surface area contributed by atoms with Crippen LogP contribution >= 0.6 is 0 Å². The summed E-state index contributed by atoms with van der Waals surface area (Å²) in [6.45, 7) is 4.03. The summed E-state index contributed by atoms with van der Waals surface area (Å²) in [5.41, 5.74) is 3.50. The van der Waals surface area contributed by atoms with Crippen LogP contribution in [0.3, 0.4) is 0 Å². The van der Waals surface area contributed by atoms with Gasteiger partial charge in [0.05, 0.1) is 11.4 Å². The first-order valence-corrected chi connectivity index (χ1v) is 10.9. The van der Waals surface area contributed by atoms with Crippen molar-refractivity contribution in [1.29, 1.82) is 0 Å². The first kappa shape index (κ1) is 20.9. The van der Waals surface area contributed by atoms with Crippen molar-refractivity contribution >= 4 is 17.1 Å². The van der Waals surface area contributed by atoms with E-state index in [1.54, 1.807) is 46.1 Å². The molecule has 0 saturated carbocycles. The number of hydrogen-bond donors (Lipinski definition) is 0. The van der Waals surface area contributed by atoms with Gasteiger partial charge in [0.2, 0.25) is 5.91 Å².